The number of carbonyl (C=O) groups excluding carboxylic acids is 2. The summed E-state index contributed by atoms with van der Waals surface area (Å²) in [6, 6.07) is 0. The van der Waals surface area contributed by atoms with Crippen molar-refractivity contribution < 1.29 is 73.8 Å². The molecule has 2 heterocycles. The van der Waals surface area contributed by atoms with Gasteiger partial charge in [0.15, 0.2) is 18.7 Å². The first kappa shape index (κ1) is 59.1. The van der Waals surface area contributed by atoms with Crippen LogP contribution in [0.3, 0.4) is 0 Å². The fraction of sp³-hybridized carbons (Fsp3) is 0.725. The quantitative estimate of drug-likeness (QED) is 0.0209. The molecule has 15 nitrogen and oxygen atoms in total. The van der Waals surface area contributed by atoms with Gasteiger partial charge in [0.05, 0.1) is 19.8 Å². The van der Waals surface area contributed by atoms with Crippen LogP contribution in [0, 0.1) is 0 Å². The number of aliphatic hydroxyl groups is 7. The van der Waals surface area contributed by atoms with Crippen LogP contribution < -0.4 is 0 Å². The molecule has 0 bridgehead atoms. The maximum absolute atomic E-state index is 13.0. The molecule has 0 aromatic carbocycles. The molecule has 2 aliphatic heterocycles. The Morgan fingerprint density at radius 3 is 1.42 bits per heavy atom. The molecule has 7 N–H and O–H groups in total. The average Bonchev–Trinajstić information content (AvgIpc) is 3.31. The van der Waals surface area contributed by atoms with Gasteiger partial charge in [-0.05, 0) is 77.0 Å². The van der Waals surface area contributed by atoms with Crippen molar-refractivity contribution in [2.75, 3.05) is 26.4 Å². The van der Waals surface area contributed by atoms with E-state index in [1.54, 1.807) is 0 Å². The zero-order chi connectivity index (χ0) is 48.2. The summed E-state index contributed by atoms with van der Waals surface area (Å²) in [4.78, 5) is 25.7. The minimum absolute atomic E-state index is 0.138. The van der Waals surface area contributed by atoms with Crippen LogP contribution in [0.2, 0.25) is 0 Å². The van der Waals surface area contributed by atoms with Gasteiger partial charge < -0.3 is 64.2 Å². The number of allylic oxidation sites excluding steroid dienone is 12. The van der Waals surface area contributed by atoms with Crippen LogP contribution in [0.4, 0.5) is 0 Å². The summed E-state index contributed by atoms with van der Waals surface area (Å²) in [6.07, 6.45) is 26.5. The monoisotopic (exact) mass is 937 g/mol. The van der Waals surface area contributed by atoms with E-state index in [0.29, 0.717) is 12.8 Å². The summed E-state index contributed by atoms with van der Waals surface area (Å²) in [7, 11) is 0. The molecule has 0 aromatic heterocycles. The molecule has 0 radical (unpaired) electrons. The molecule has 0 saturated carbocycles. The summed E-state index contributed by atoms with van der Waals surface area (Å²) in [5.74, 6) is -0.973. The third kappa shape index (κ3) is 25.9. The van der Waals surface area contributed by atoms with E-state index in [2.05, 4.69) is 86.8 Å². The van der Waals surface area contributed by atoms with Gasteiger partial charge in [-0.1, -0.05) is 125 Å². The van der Waals surface area contributed by atoms with Gasteiger partial charge in [0.25, 0.3) is 0 Å². The molecule has 0 aliphatic carbocycles. The van der Waals surface area contributed by atoms with Crippen molar-refractivity contribution in [1.82, 2.24) is 0 Å². The van der Waals surface area contributed by atoms with E-state index in [1.165, 1.54) is 0 Å². The Morgan fingerprint density at radius 1 is 0.485 bits per heavy atom. The SMILES string of the molecule is CC/C=C\C/C=C\C/C=C\CCCCCCCC(=O)OCC(CO[C@@H]1O[C@H](CO[C@@H]2O[C@H](CO)[C@H](O)[C@H](O)[C@H]2O)[C@H](O)[C@H](O)[C@H]1O)OC(=O)CCCCCCC/C=C\C/C=C\C/C=C\CC. The molecule has 378 valence electrons. The predicted octanol–water partition coefficient (Wildman–Crippen LogP) is 6.26. The lowest BCUT2D eigenvalue weighted by atomic mass is 9.98. The molecule has 15 heteroatoms. The number of aliphatic hydroxyl groups excluding tert-OH is 7. The summed E-state index contributed by atoms with van der Waals surface area (Å²) in [6.45, 7) is 2.30. The van der Waals surface area contributed by atoms with Crippen molar-refractivity contribution >= 4 is 11.9 Å². The Balaban J connectivity index is 1.84. The molecule has 0 amide bonds. The zero-order valence-electron chi connectivity index (χ0n) is 39.6. The molecule has 11 atom stereocenters. The van der Waals surface area contributed by atoms with Gasteiger partial charge in [-0.15, -0.1) is 0 Å². The number of hydrogen-bond acceptors (Lipinski definition) is 15. The Labute approximate surface area is 393 Å². The summed E-state index contributed by atoms with van der Waals surface area (Å²) >= 11 is 0. The van der Waals surface area contributed by atoms with Crippen molar-refractivity contribution in [2.24, 2.45) is 0 Å². The summed E-state index contributed by atoms with van der Waals surface area (Å²) < 4.78 is 33.5. The van der Waals surface area contributed by atoms with Gasteiger partial charge >= 0.3 is 11.9 Å². The van der Waals surface area contributed by atoms with E-state index in [9.17, 15) is 45.3 Å². The number of ether oxygens (including phenoxy) is 6. The van der Waals surface area contributed by atoms with Crippen LogP contribution in [-0.2, 0) is 38.0 Å². The van der Waals surface area contributed by atoms with Gasteiger partial charge in [-0.3, -0.25) is 9.59 Å². The molecular weight excluding hydrogens is 853 g/mol. The van der Waals surface area contributed by atoms with Crippen LogP contribution in [0.25, 0.3) is 0 Å². The van der Waals surface area contributed by atoms with E-state index in [-0.39, 0.29) is 19.4 Å². The fourth-order valence-electron chi connectivity index (χ4n) is 7.18. The molecule has 0 spiro atoms. The molecule has 2 saturated heterocycles. The van der Waals surface area contributed by atoms with Crippen LogP contribution in [0.15, 0.2) is 72.9 Å². The van der Waals surface area contributed by atoms with Crippen LogP contribution >= 0.6 is 0 Å². The number of carbonyl (C=O) groups is 2. The van der Waals surface area contributed by atoms with Crippen molar-refractivity contribution in [3.05, 3.63) is 72.9 Å². The van der Waals surface area contributed by atoms with Crippen LogP contribution in [0.5, 0.6) is 0 Å². The maximum atomic E-state index is 13.0. The highest BCUT2D eigenvalue weighted by molar-refractivity contribution is 5.70. The Bertz CT molecular complexity index is 1430. The second-order valence-corrected chi connectivity index (χ2v) is 16.9. The number of esters is 2. The first-order valence-electron chi connectivity index (χ1n) is 24.5. The lowest BCUT2D eigenvalue weighted by Gasteiger charge is -2.42. The molecule has 2 rings (SSSR count). The zero-order valence-corrected chi connectivity index (χ0v) is 39.6. The molecule has 1 unspecified atom stereocenters. The van der Waals surface area contributed by atoms with E-state index in [4.69, 9.17) is 28.4 Å². The molecule has 2 aliphatic rings. The second-order valence-electron chi connectivity index (χ2n) is 16.9. The number of unbranched alkanes of at least 4 members (excludes halogenated alkanes) is 10. The minimum atomic E-state index is -1.77. The highest BCUT2D eigenvalue weighted by Crippen LogP contribution is 2.26. The van der Waals surface area contributed by atoms with Gasteiger partial charge in [-0.25, -0.2) is 0 Å². The van der Waals surface area contributed by atoms with E-state index < -0.39 is 99.3 Å². The third-order valence-electron chi connectivity index (χ3n) is 11.2. The van der Waals surface area contributed by atoms with Crippen LogP contribution in [0.1, 0.15) is 142 Å². The van der Waals surface area contributed by atoms with Crippen molar-refractivity contribution in [3.63, 3.8) is 0 Å². The second kappa shape index (κ2) is 37.9. The Morgan fingerprint density at radius 2 is 0.909 bits per heavy atom. The third-order valence-corrected chi connectivity index (χ3v) is 11.2. The Hall–Kier alpha value is -3.06. The van der Waals surface area contributed by atoms with Gasteiger partial charge in [0, 0.05) is 12.8 Å². The van der Waals surface area contributed by atoms with E-state index in [0.717, 1.165) is 103 Å². The normalized spacial score (nSPS) is 26.8. The maximum Gasteiger partial charge on any atom is 0.306 e. The number of rotatable bonds is 36. The van der Waals surface area contributed by atoms with Crippen molar-refractivity contribution in [3.8, 4) is 0 Å². The van der Waals surface area contributed by atoms with E-state index >= 15 is 0 Å². The first-order chi connectivity index (χ1) is 32.0. The highest BCUT2D eigenvalue weighted by atomic mass is 16.7. The lowest BCUT2D eigenvalue weighted by molar-refractivity contribution is -0.332. The minimum Gasteiger partial charge on any atom is -0.462 e. The fourth-order valence-corrected chi connectivity index (χ4v) is 7.18. The molecule has 0 aromatic rings. The van der Waals surface area contributed by atoms with Crippen molar-refractivity contribution in [2.45, 2.75) is 210 Å². The molecule has 66 heavy (non-hydrogen) atoms. The van der Waals surface area contributed by atoms with Gasteiger partial charge in [0.1, 0.15) is 55.4 Å². The highest BCUT2D eigenvalue weighted by Gasteiger charge is 2.47. The first-order valence-corrected chi connectivity index (χ1v) is 24.5. The Kier molecular flexibility index (Phi) is 33.9. The summed E-state index contributed by atoms with van der Waals surface area (Å²) in [5, 5.41) is 72.0. The van der Waals surface area contributed by atoms with E-state index in [1.807, 2.05) is 0 Å². The summed E-state index contributed by atoms with van der Waals surface area (Å²) in [5.41, 5.74) is 0. The molecule has 2 fully saturated rings. The van der Waals surface area contributed by atoms with Crippen molar-refractivity contribution in [1.29, 1.82) is 0 Å². The van der Waals surface area contributed by atoms with Gasteiger partial charge in [0.2, 0.25) is 0 Å². The topological polar surface area (TPSA) is 231 Å². The lowest BCUT2D eigenvalue weighted by Crippen LogP contribution is -2.61. The smallest absolute Gasteiger partial charge is 0.306 e. The van der Waals surface area contributed by atoms with Crippen LogP contribution in [-0.4, -0.2) is 142 Å². The molecular formula is C51H84O15. The standard InChI is InChI=1S/C51H84O15/c1-3-5-7-9-11-13-15-17-19-21-23-25-27-29-31-33-42(53)61-36-39(64-43(54)34-32-30-28-26-24-22-20-18-16-14-12-10-8-6-4-2)37-62-50-49(60)47(58)45(56)41(66-50)38-63-51-48(59)46(57)44(55)40(35-52)65-51/h5-8,11-14,17-20,39-41,44-52,55-60H,3-4,9-10,15-16,21-38H2,1-2H3/b7-5-,8-6-,13-11-,14-12-,19-17-,20-18-/t39?,40-,41-,44+,45+,46+,47+,48-,49-,50-,51-/m1/s1. The largest absolute Gasteiger partial charge is 0.462 e. The predicted molar refractivity (Wildman–Crippen MR) is 252 cm³/mol. The number of hydrogen-bond donors (Lipinski definition) is 7. The average molecular weight is 937 g/mol. The van der Waals surface area contributed by atoms with Gasteiger partial charge in [-0.2, -0.15) is 0 Å².